The minimum Gasteiger partial charge on any atom is -0.308 e. The van der Waals surface area contributed by atoms with Gasteiger partial charge in [0.25, 0.3) is 0 Å². The second-order valence-corrected chi connectivity index (χ2v) is 17.8. The summed E-state index contributed by atoms with van der Waals surface area (Å²) in [4.78, 5) is 20.0. The van der Waals surface area contributed by atoms with Crippen molar-refractivity contribution in [2.24, 2.45) is 0 Å². The van der Waals surface area contributed by atoms with Crippen molar-refractivity contribution in [1.29, 1.82) is 0 Å². The van der Waals surface area contributed by atoms with Gasteiger partial charge in [0.2, 0.25) is 0 Å². The van der Waals surface area contributed by atoms with E-state index >= 15 is 0 Å². The Balaban J connectivity index is 1.02. The van der Waals surface area contributed by atoms with Crippen LogP contribution < -0.4 is 4.90 Å². The average molecular weight is 813 g/mol. The first-order valence-corrected chi connectivity index (χ1v) is 22.1. The zero-order chi connectivity index (χ0) is 40.0. The van der Waals surface area contributed by atoms with Crippen molar-refractivity contribution >= 4 is 103 Å². The standard InChI is InChI=1S/C55H32N4S2/c1-3-14-33(15-4-1)53-56-54(34-16-5-2-6-17-34)58-55(57-53)37-20-13-21-38(26-37)59-47-27-35-18-7-8-19-36(35)28-51(47)61-52-31-46-45-29-43-41-24-11-9-22-39(41)40-23-10-12-25-42(40)44(43)30-49(45)60-50(46)32-48(52)59/h1-32H. The Morgan fingerprint density at radius 3 is 1.46 bits per heavy atom. The van der Waals surface area contributed by atoms with Gasteiger partial charge in [-0.3, -0.25) is 0 Å². The molecule has 0 fully saturated rings. The van der Waals surface area contributed by atoms with Crippen LogP contribution in [-0.4, -0.2) is 15.0 Å². The van der Waals surface area contributed by atoms with Gasteiger partial charge in [-0.2, -0.15) is 0 Å². The molecular weight excluding hydrogens is 781 g/mol. The molecule has 13 rings (SSSR count). The van der Waals surface area contributed by atoms with Crippen LogP contribution in [0.2, 0.25) is 0 Å². The van der Waals surface area contributed by atoms with Crippen molar-refractivity contribution in [1.82, 2.24) is 15.0 Å². The number of anilines is 3. The Hall–Kier alpha value is -7.38. The highest BCUT2D eigenvalue weighted by Gasteiger charge is 2.28. The first kappa shape index (κ1) is 34.5. The third kappa shape index (κ3) is 5.57. The van der Waals surface area contributed by atoms with Gasteiger partial charge in [-0.25, -0.2) is 15.0 Å². The number of hydrogen-bond donors (Lipinski definition) is 0. The second-order valence-electron chi connectivity index (χ2n) is 15.6. The van der Waals surface area contributed by atoms with Gasteiger partial charge in [-0.15, -0.1) is 11.3 Å². The predicted octanol–water partition coefficient (Wildman–Crippen LogP) is 15.8. The monoisotopic (exact) mass is 812 g/mol. The van der Waals surface area contributed by atoms with E-state index in [1.165, 1.54) is 73.1 Å². The van der Waals surface area contributed by atoms with Crippen LogP contribution in [0.4, 0.5) is 17.1 Å². The molecule has 0 spiro atoms. The van der Waals surface area contributed by atoms with Crippen LogP contribution in [0.25, 0.3) is 97.4 Å². The highest BCUT2D eigenvalue weighted by atomic mass is 32.2. The van der Waals surface area contributed by atoms with Crippen molar-refractivity contribution in [3.63, 3.8) is 0 Å². The Morgan fingerprint density at radius 2 is 0.803 bits per heavy atom. The van der Waals surface area contributed by atoms with E-state index in [9.17, 15) is 0 Å². The lowest BCUT2D eigenvalue weighted by Gasteiger charge is -2.33. The van der Waals surface area contributed by atoms with E-state index in [2.05, 4.69) is 163 Å². The zero-order valence-corrected chi connectivity index (χ0v) is 34.2. The van der Waals surface area contributed by atoms with Crippen molar-refractivity contribution < 1.29 is 0 Å². The van der Waals surface area contributed by atoms with Crippen LogP contribution >= 0.6 is 23.1 Å². The summed E-state index contributed by atoms with van der Waals surface area (Å²) in [7, 11) is 0. The van der Waals surface area contributed by atoms with Crippen LogP contribution in [0.1, 0.15) is 0 Å². The molecule has 2 aromatic heterocycles. The zero-order valence-electron chi connectivity index (χ0n) is 32.6. The summed E-state index contributed by atoms with van der Waals surface area (Å²) < 4.78 is 2.56. The highest BCUT2D eigenvalue weighted by Crippen LogP contribution is 2.55. The molecule has 4 nitrogen and oxygen atoms in total. The van der Waals surface area contributed by atoms with Gasteiger partial charge in [0, 0.05) is 52.3 Å². The van der Waals surface area contributed by atoms with E-state index in [1.54, 1.807) is 0 Å². The summed E-state index contributed by atoms with van der Waals surface area (Å²) in [6.45, 7) is 0. The normalized spacial score (nSPS) is 12.5. The van der Waals surface area contributed by atoms with Crippen molar-refractivity contribution in [3.05, 3.63) is 194 Å². The second kappa shape index (κ2) is 13.6. The molecule has 0 saturated heterocycles. The predicted molar refractivity (Wildman–Crippen MR) is 258 cm³/mol. The number of hydrogen-bond acceptors (Lipinski definition) is 6. The first-order valence-electron chi connectivity index (χ1n) is 20.4. The quantitative estimate of drug-likeness (QED) is 0.166. The van der Waals surface area contributed by atoms with E-state index in [1.807, 2.05) is 59.5 Å². The summed E-state index contributed by atoms with van der Waals surface area (Å²) >= 11 is 3.74. The molecule has 0 bridgehead atoms. The highest BCUT2D eigenvalue weighted by molar-refractivity contribution is 7.99. The Labute approximate surface area is 359 Å². The maximum absolute atomic E-state index is 5.10. The van der Waals surface area contributed by atoms with Crippen LogP contribution in [0.15, 0.2) is 204 Å². The molecule has 61 heavy (non-hydrogen) atoms. The molecule has 0 atom stereocenters. The summed E-state index contributed by atoms with van der Waals surface area (Å²) in [6.07, 6.45) is 0. The van der Waals surface area contributed by atoms with Gasteiger partial charge in [-0.1, -0.05) is 157 Å². The molecule has 284 valence electrons. The van der Waals surface area contributed by atoms with E-state index in [0.717, 1.165) is 33.8 Å². The molecule has 0 amide bonds. The molecule has 0 saturated carbocycles. The minimum atomic E-state index is 0.631. The third-order valence-electron chi connectivity index (χ3n) is 12.0. The average Bonchev–Trinajstić information content (AvgIpc) is 3.68. The van der Waals surface area contributed by atoms with E-state index in [-0.39, 0.29) is 0 Å². The molecule has 0 N–H and O–H groups in total. The lowest BCUT2D eigenvalue weighted by atomic mass is 9.93. The minimum absolute atomic E-state index is 0.631. The number of thiophene rings is 1. The van der Waals surface area contributed by atoms with Gasteiger partial charge in [0.1, 0.15) is 0 Å². The molecular formula is C55H32N4S2. The number of benzene rings is 10. The fraction of sp³-hybridized carbons (Fsp3) is 0. The SMILES string of the molecule is c1ccc(-c2nc(-c3ccccc3)nc(-c3cccc(N4c5cc6ccccc6cc5Sc5cc6c(cc54)sc4cc5c7ccccc7c7ccccc7c5cc46)c3)n2)cc1. The molecule has 1 aliphatic heterocycles. The molecule has 12 aromatic rings. The van der Waals surface area contributed by atoms with Crippen LogP contribution in [-0.2, 0) is 0 Å². The maximum atomic E-state index is 5.10. The largest absolute Gasteiger partial charge is 0.308 e. The van der Waals surface area contributed by atoms with Crippen molar-refractivity contribution in [2.75, 3.05) is 4.90 Å². The van der Waals surface area contributed by atoms with Gasteiger partial charge in [0.15, 0.2) is 17.5 Å². The first-order chi connectivity index (χ1) is 30.2. The Kier molecular flexibility index (Phi) is 7.67. The molecule has 0 aliphatic carbocycles. The number of rotatable bonds is 4. The molecule has 10 aromatic carbocycles. The van der Waals surface area contributed by atoms with Crippen LogP contribution in [0.3, 0.4) is 0 Å². The summed E-state index contributed by atoms with van der Waals surface area (Å²) in [6, 6.07) is 69.8. The summed E-state index contributed by atoms with van der Waals surface area (Å²) in [5, 5.41) is 12.8. The molecule has 6 heteroatoms. The molecule has 1 aliphatic rings. The van der Waals surface area contributed by atoms with Gasteiger partial charge in [-0.05, 0) is 91.6 Å². The summed E-state index contributed by atoms with van der Waals surface area (Å²) in [5.41, 5.74) is 6.18. The molecule has 0 unspecified atom stereocenters. The maximum Gasteiger partial charge on any atom is 0.164 e. The van der Waals surface area contributed by atoms with Crippen LogP contribution in [0, 0.1) is 0 Å². The topological polar surface area (TPSA) is 41.9 Å². The Bertz CT molecular complexity index is 3690. The Morgan fingerprint density at radius 1 is 0.328 bits per heavy atom. The van der Waals surface area contributed by atoms with Gasteiger partial charge >= 0.3 is 0 Å². The van der Waals surface area contributed by atoms with Gasteiger partial charge in [0.05, 0.1) is 11.4 Å². The van der Waals surface area contributed by atoms with E-state index in [0.29, 0.717) is 17.5 Å². The van der Waals surface area contributed by atoms with Crippen molar-refractivity contribution in [2.45, 2.75) is 9.79 Å². The van der Waals surface area contributed by atoms with E-state index < -0.39 is 0 Å². The fourth-order valence-electron chi connectivity index (χ4n) is 9.16. The fourth-order valence-corrected chi connectivity index (χ4v) is 11.4. The van der Waals surface area contributed by atoms with Crippen LogP contribution in [0.5, 0.6) is 0 Å². The molecule has 3 heterocycles. The van der Waals surface area contributed by atoms with E-state index in [4.69, 9.17) is 15.0 Å². The van der Waals surface area contributed by atoms with Crippen molar-refractivity contribution in [3.8, 4) is 34.2 Å². The lowest BCUT2D eigenvalue weighted by Crippen LogP contribution is -2.15. The smallest absolute Gasteiger partial charge is 0.164 e. The molecule has 0 radical (unpaired) electrons. The third-order valence-corrected chi connectivity index (χ3v) is 14.2. The number of aromatic nitrogens is 3. The lowest BCUT2D eigenvalue weighted by molar-refractivity contribution is 1.07. The summed E-state index contributed by atoms with van der Waals surface area (Å²) in [5.74, 6) is 1.92. The van der Waals surface area contributed by atoms with Gasteiger partial charge < -0.3 is 4.90 Å². The number of nitrogens with zero attached hydrogens (tertiary/aromatic N) is 4. The number of fused-ring (bicyclic) bond motifs is 12.